The molecule has 0 N–H and O–H groups in total. The van der Waals surface area contributed by atoms with E-state index in [0.29, 0.717) is 12.0 Å². The summed E-state index contributed by atoms with van der Waals surface area (Å²) in [7, 11) is 2.18. The second-order valence-corrected chi connectivity index (χ2v) is 6.16. The predicted molar refractivity (Wildman–Crippen MR) is 90.1 cm³/mol. The molecule has 2 aromatic rings. The summed E-state index contributed by atoms with van der Waals surface area (Å²) in [5, 5.41) is 0. The van der Waals surface area contributed by atoms with Gasteiger partial charge in [-0.1, -0.05) is 68.1 Å². The Bertz CT molecular complexity index is 612. The van der Waals surface area contributed by atoms with Crippen LogP contribution in [0.15, 0.2) is 66.9 Å². The van der Waals surface area contributed by atoms with Gasteiger partial charge in [-0.05, 0) is 35.4 Å². The zero-order valence-electron chi connectivity index (χ0n) is 12.9. The third kappa shape index (κ3) is 2.87. The number of hydrogen-bond acceptors (Lipinski definition) is 1. The lowest BCUT2D eigenvalue weighted by atomic mass is 9.98. The van der Waals surface area contributed by atoms with E-state index in [4.69, 9.17) is 0 Å². The molecule has 1 aliphatic heterocycles. The van der Waals surface area contributed by atoms with Crippen LogP contribution in [-0.4, -0.2) is 18.0 Å². The highest BCUT2D eigenvalue weighted by molar-refractivity contribution is 5.63. The van der Waals surface area contributed by atoms with Crippen LogP contribution >= 0.6 is 0 Å². The van der Waals surface area contributed by atoms with Gasteiger partial charge in [0.15, 0.2) is 0 Å². The third-order valence-corrected chi connectivity index (χ3v) is 4.73. The molecule has 1 aliphatic rings. The van der Waals surface area contributed by atoms with Gasteiger partial charge >= 0.3 is 0 Å². The van der Waals surface area contributed by atoms with Crippen LogP contribution in [-0.2, 0) is 6.42 Å². The molecule has 0 aromatic heterocycles. The molecular formula is C20H23N. The Hall–Kier alpha value is -2.02. The number of benzene rings is 2. The molecule has 0 spiro atoms. The van der Waals surface area contributed by atoms with Crippen LogP contribution in [0.4, 0.5) is 0 Å². The Labute approximate surface area is 127 Å². The normalized spacial score (nSPS) is 21.8. The molecule has 1 fully saturated rings. The van der Waals surface area contributed by atoms with Gasteiger partial charge in [-0.3, -0.25) is 0 Å². The molecule has 0 aliphatic carbocycles. The van der Waals surface area contributed by atoms with E-state index in [1.807, 2.05) is 0 Å². The number of hydrogen-bond donors (Lipinski definition) is 0. The molecule has 0 amide bonds. The fourth-order valence-electron chi connectivity index (χ4n) is 3.24. The second kappa shape index (κ2) is 5.77. The Balaban J connectivity index is 1.72. The zero-order valence-corrected chi connectivity index (χ0v) is 12.9. The summed E-state index contributed by atoms with van der Waals surface area (Å²) in [5.74, 6) is 0.614. The van der Waals surface area contributed by atoms with Crippen molar-refractivity contribution in [2.75, 3.05) is 7.05 Å². The molecule has 2 atom stereocenters. The van der Waals surface area contributed by atoms with Crippen molar-refractivity contribution in [3.8, 4) is 11.1 Å². The number of nitrogens with zero attached hydrogens (tertiary/aromatic N) is 1. The molecule has 21 heavy (non-hydrogen) atoms. The van der Waals surface area contributed by atoms with Gasteiger partial charge in [-0.2, -0.15) is 0 Å². The van der Waals surface area contributed by atoms with E-state index in [2.05, 4.69) is 80.0 Å². The highest BCUT2D eigenvalue weighted by Crippen LogP contribution is 2.32. The van der Waals surface area contributed by atoms with Crippen molar-refractivity contribution in [2.45, 2.75) is 25.8 Å². The molecule has 2 unspecified atom stereocenters. The second-order valence-electron chi connectivity index (χ2n) is 6.16. The average molecular weight is 277 g/mol. The first kappa shape index (κ1) is 13.9. The van der Waals surface area contributed by atoms with Crippen molar-refractivity contribution in [1.29, 1.82) is 0 Å². The molecule has 1 nitrogen and oxygen atoms in total. The first-order chi connectivity index (χ1) is 10.1. The summed E-state index contributed by atoms with van der Waals surface area (Å²) in [6, 6.07) is 20.1. The Morgan fingerprint density at radius 2 is 1.62 bits per heavy atom. The van der Waals surface area contributed by atoms with E-state index in [1.54, 1.807) is 0 Å². The summed E-state index contributed by atoms with van der Waals surface area (Å²) < 4.78 is 0. The first-order valence-electron chi connectivity index (χ1n) is 7.71. The van der Waals surface area contributed by atoms with E-state index in [-0.39, 0.29) is 0 Å². The van der Waals surface area contributed by atoms with E-state index in [0.717, 1.165) is 6.42 Å². The van der Waals surface area contributed by atoms with Gasteiger partial charge in [0, 0.05) is 18.8 Å². The van der Waals surface area contributed by atoms with Crippen LogP contribution in [0.5, 0.6) is 0 Å². The predicted octanol–water partition coefficient (Wildman–Crippen LogP) is 4.75. The summed E-state index contributed by atoms with van der Waals surface area (Å²) >= 11 is 0. The van der Waals surface area contributed by atoms with Gasteiger partial charge in [0.05, 0.1) is 0 Å². The van der Waals surface area contributed by atoms with Crippen molar-refractivity contribution in [3.05, 3.63) is 72.4 Å². The van der Waals surface area contributed by atoms with Crippen LogP contribution in [0.25, 0.3) is 11.1 Å². The lowest BCUT2D eigenvalue weighted by Gasteiger charge is -2.22. The molecule has 1 saturated heterocycles. The summed E-state index contributed by atoms with van der Waals surface area (Å²) in [4.78, 5) is 2.36. The molecule has 0 radical (unpaired) electrons. The standard InChI is InChI=1S/C20H23N/c1-15-13-20(21(3)16(15)2)14-17-9-11-19(12-10-17)18-7-5-4-6-8-18/h4-12,15,20H,2,13-14H2,1,3H3. The minimum Gasteiger partial charge on any atom is -0.375 e. The maximum absolute atomic E-state index is 4.19. The highest BCUT2D eigenvalue weighted by Gasteiger charge is 2.29. The van der Waals surface area contributed by atoms with Gasteiger partial charge < -0.3 is 4.90 Å². The minimum absolute atomic E-state index is 0.593. The van der Waals surface area contributed by atoms with Crippen molar-refractivity contribution >= 4 is 0 Å². The van der Waals surface area contributed by atoms with E-state index < -0.39 is 0 Å². The molecule has 0 bridgehead atoms. The number of likely N-dealkylation sites (N-methyl/N-ethyl adjacent to an activating group) is 1. The molecule has 0 saturated carbocycles. The summed E-state index contributed by atoms with van der Waals surface area (Å²) in [6.45, 7) is 6.46. The van der Waals surface area contributed by atoms with E-state index in [9.17, 15) is 0 Å². The molecule has 2 aromatic carbocycles. The molecule has 1 heteroatoms. The van der Waals surface area contributed by atoms with Crippen LogP contribution in [0, 0.1) is 5.92 Å². The maximum Gasteiger partial charge on any atom is 0.0330 e. The van der Waals surface area contributed by atoms with E-state index >= 15 is 0 Å². The highest BCUT2D eigenvalue weighted by atomic mass is 15.2. The van der Waals surface area contributed by atoms with Crippen LogP contribution in [0.1, 0.15) is 18.9 Å². The fraction of sp³-hybridized carbons (Fsp3) is 0.300. The number of allylic oxidation sites excluding steroid dienone is 1. The molecule has 1 heterocycles. The van der Waals surface area contributed by atoms with Gasteiger partial charge in [0.1, 0.15) is 0 Å². The molecule has 3 rings (SSSR count). The Kier molecular flexibility index (Phi) is 3.83. The van der Waals surface area contributed by atoms with Crippen LogP contribution < -0.4 is 0 Å². The lowest BCUT2D eigenvalue weighted by molar-refractivity contribution is 0.351. The third-order valence-electron chi connectivity index (χ3n) is 4.73. The fourth-order valence-corrected chi connectivity index (χ4v) is 3.24. The van der Waals surface area contributed by atoms with Crippen molar-refractivity contribution < 1.29 is 0 Å². The van der Waals surface area contributed by atoms with E-state index in [1.165, 1.54) is 28.8 Å². The quantitative estimate of drug-likeness (QED) is 0.782. The first-order valence-corrected chi connectivity index (χ1v) is 7.71. The largest absolute Gasteiger partial charge is 0.375 e. The van der Waals surface area contributed by atoms with Gasteiger partial charge in [-0.25, -0.2) is 0 Å². The Morgan fingerprint density at radius 3 is 2.19 bits per heavy atom. The van der Waals surface area contributed by atoms with Gasteiger partial charge in [0.2, 0.25) is 0 Å². The SMILES string of the molecule is C=C1C(C)CC(Cc2ccc(-c3ccccc3)cc2)N1C. The number of likely N-dealkylation sites (tertiary alicyclic amines) is 1. The lowest BCUT2D eigenvalue weighted by Crippen LogP contribution is -2.25. The topological polar surface area (TPSA) is 3.24 Å². The summed E-state index contributed by atoms with van der Waals surface area (Å²) in [5.41, 5.74) is 5.26. The van der Waals surface area contributed by atoms with Crippen molar-refractivity contribution in [1.82, 2.24) is 4.90 Å². The van der Waals surface area contributed by atoms with Crippen molar-refractivity contribution in [3.63, 3.8) is 0 Å². The smallest absolute Gasteiger partial charge is 0.0330 e. The van der Waals surface area contributed by atoms with Crippen molar-refractivity contribution in [2.24, 2.45) is 5.92 Å². The minimum atomic E-state index is 0.593. The van der Waals surface area contributed by atoms with Gasteiger partial charge in [0.25, 0.3) is 0 Å². The van der Waals surface area contributed by atoms with Crippen LogP contribution in [0.2, 0.25) is 0 Å². The molecular weight excluding hydrogens is 254 g/mol. The molecule has 108 valence electrons. The monoisotopic (exact) mass is 277 g/mol. The van der Waals surface area contributed by atoms with Gasteiger partial charge in [-0.15, -0.1) is 0 Å². The maximum atomic E-state index is 4.19. The Morgan fingerprint density at radius 1 is 1.00 bits per heavy atom. The average Bonchev–Trinajstić information content (AvgIpc) is 2.76. The van der Waals surface area contributed by atoms with Crippen LogP contribution in [0.3, 0.4) is 0 Å². The number of rotatable bonds is 3. The zero-order chi connectivity index (χ0) is 14.8. The summed E-state index contributed by atoms with van der Waals surface area (Å²) in [6.07, 6.45) is 2.32.